The first-order chi connectivity index (χ1) is 16.9. The molecule has 4 aromatic rings. The molecule has 0 fully saturated rings. The zero-order chi connectivity index (χ0) is 26.3. The van der Waals surface area contributed by atoms with Gasteiger partial charge in [-0.25, -0.2) is 26.8 Å². The lowest BCUT2D eigenvalue weighted by molar-refractivity contribution is 0.571. The van der Waals surface area contributed by atoms with Gasteiger partial charge >= 0.3 is 0 Å². The normalized spacial score (nSPS) is 12.5. The van der Waals surface area contributed by atoms with Gasteiger partial charge in [-0.3, -0.25) is 0 Å². The lowest BCUT2D eigenvalue weighted by Crippen LogP contribution is -2.36. The van der Waals surface area contributed by atoms with Gasteiger partial charge in [-0.1, -0.05) is 49.4 Å². The van der Waals surface area contributed by atoms with Crippen molar-refractivity contribution in [1.29, 1.82) is 0 Å². The number of benzene rings is 2. The molecule has 10 heteroatoms. The van der Waals surface area contributed by atoms with E-state index in [1.165, 1.54) is 19.9 Å². The third-order valence-corrected chi connectivity index (χ3v) is 10.0. The van der Waals surface area contributed by atoms with E-state index >= 15 is 0 Å². The maximum atomic E-state index is 13.0. The van der Waals surface area contributed by atoms with Crippen LogP contribution < -0.4 is 4.13 Å². The molecular formula is C26H30N4O4S2. The third-order valence-electron chi connectivity index (χ3n) is 6.05. The molecule has 0 aliphatic carbocycles. The molecule has 2 aromatic carbocycles. The van der Waals surface area contributed by atoms with Crippen LogP contribution in [0, 0.1) is 13.8 Å². The van der Waals surface area contributed by atoms with E-state index in [9.17, 15) is 16.8 Å². The zero-order valence-corrected chi connectivity index (χ0v) is 22.6. The van der Waals surface area contributed by atoms with E-state index in [2.05, 4.69) is 11.5 Å². The van der Waals surface area contributed by atoms with Crippen LogP contribution in [0.2, 0.25) is 0 Å². The molecule has 0 radical (unpaired) electrons. The van der Waals surface area contributed by atoms with E-state index in [1.807, 2.05) is 48.3 Å². The maximum Gasteiger partial charge on any atom is 0.254 e. The van der Waals surface area contributed by atoms with Crippen molar-refractivity contribution in [1.82, 2.24) is 18.7 Å². The van der Waals surface area contributed by atoms with Crippen LogP contribution in [0.25, 0.3) is 22.3 Å². The quantitative estimate of drug-likeness (QED) is 0.366. The number of nitrogens with one attached hydrogen (secondary N) is 1. The summed E-state index contributed by atoms with van der Waals surface area (Å²) in [4.78, 5) is 9.42. The van der Waals surface area contributed by atoms with E-state index in [0.717, 1.165) is 40.2 Å². The number of rotatable bonds is 8. The summed E-state index contributed by atoms with van der Waals surface area (Å²) in [5.41, 5.74) is 5.87. The highest BCUT2D eigenvalue weighted by Crippen LogP contribution is 2.29. The van der Waals surface area contributed by atoms with Gasteiger partial charge in [0.15, 0.2) is 5.65 Å². The SMILES string of the molecule is CCc1nc2c(C)cc(C)nc2n1Cc1ccc(-c2ccccc2S(=O)(=O)NS(=O)(=O)C(C)C)cc1. The Balaban J connectivity index is 1.69. The van der Waals surface area contributed by atoms with Gasteiger partial charge in [-0.2, -0.15) is 0 Å². The van der Waals surface area contributed by atoms with Gasteiger partial charge in [0, 0.05) is 17.7 Å². The number of hydrogen-bond donors (Lipinski definition) is 1. The van der Waals surface area contributed by atoms with Crippen LogP contribution in [-0.4, -0.2) is 36.6 Å². The van der Waals surface area contributed by atoms with Crippen molar-refractivity contribution in [3.8, 4) is 11.1 Å². The van der Waals surface area contributed by atoms with Crippen molar-refractivity contribution in [2.45, 2.75) is 57.7 Å². The van der Waals surface area contributed by atoms with Crippen LogP contribution in [0.5, 0.6) is 0 Å². The molecule has 36 heavy (non-hydrogen) atoms. The highest BCUT2D eigenvalue weighted by atomic mass is 32.3. The first-order valence-electron chi connectivity index (χ1n) is 11.7. The Labute approximate surface area is 212 Å². The number of nitrogens with zero attached hydrogens (tertiary/aromatic N) is 3. The van der Waals surface area contributed by atoms with E-state index < -0.39 is 25.3 Å². The molecule has 0 amide bonds. The molecule has 2 aromatic heterocycles. The average Bonchev–Trinajstić information content (AvgIpc) is 3.16. The van der Waals surface area contributed by atoms with Crippen LogP contribution in [-0.2, 0) is 33.0 Å². The second-order valence-corrected chi connectivity index (χ2v) is 13.2. The minimum atomic E-state index is -4.29. The largest absolute Gasteiger partial charge is 0.308 e. The van der Waals surface area contributed by atoms with Crippen molar-refractivity contribution in [2.24, 2.45) is 0 Å². The lowest BCUT2D eigenvalue weighted by Gasteiger charge is -2.14. The molecule has 2 heterocycles. The summed E-state index contributed by atoms with van der Waals surface area (Å²) in [6, 6.07) is 16.0. The Morgan fingerprint density at radius 1 is 0.944 bits per heavy atom. The Morgan fingerprint density at radius 2 is 1.61 bits per heavy atom. The first-order valence-corrected chi connectivity index (χ1v) is 14.7. The number of hydrogen-bond acceptors (Lipinski definition) is 6. The van der Waals surface area contributed by atoms with Gasteiger partial charge < -0.3 is 4.57 Å². The Kier molecular flexibility index (Phi) is 7.05. The summed E-state index contributed by atoms with van der Waals surface area (Å²) in [6.07, 6.45) is 0.768. The number of fused-ring (bicyclic) bond motifs is 1. The summed E-state index contributed by atoms with van der Waals surface area (Å²) in [5, 5.41) is -0.881. The predicted molar refractivity (Wildman–Crippen MR) is 142 cm³/mol. The number of imidazole rings is 1. The summed E-state index contributed by atoms with van der Waals surface area (Å²) < 4.78 is 54.4. The number of aryl methyl sites for hydroxylation is 3. The minimum Gasteiger partial charge on any atom is -0.308 e. The second kappa shape index (κ2) is 9.76. The maximum absolute atomic E-state index is 13.0. The molecule has 4 rings (SSSR count). The Hall–Kier alpha value is -3.08. The van der Waals surface area contributed by atoms with Crippen LogP contribution in [0.3, 0.4) is 0 Å². The molecule has 0 unspecified atom stereocenters. The van der Waals surface area contributed by atoms with Gasteiger partial charge in [-0.15, -0.1) is 4.13 Å². The van der Waals surface area contributed by atoms with Crippen molar-refractivity contribution < 1.29 is 16.8 Å². The molecule has 0 atom stereocenters. The second-order valence-electron chi connectivity index (χ2n) is 9.09. The van der Waals surface area contributed by atoms with E-state index in [0.29, 0.717) is 17.7 Å². The Bertz CT molecular complexity index is 1640. The number of sulfonamides is 2. The molecular weight excluding hydrogens is 496 g/mol. The van der Waals surface area contributed by atoms with Gasteiger partial charge in [-0.05, 0) is 56.5 Å². The molecule has 0 bridgehead atoms. The van der Waals surface area contributed by atoms with Gasteiger partial charge in [0.25, 0.3) is 10.0 Å². The predicted octanol–water partition coefficient (Wildman–Crippen LogP) is 4.34. The summed E-state index contributed by atoms with van der Waals surface area (Å²) in [5.74, 6) is 0.948. The fraction of sp³-hybridized carbons (Fsp3) is 0.308. The van der Waals surface area contributed by atoms with Crippen LogP contribution >= 0.6 is 0 Å². The highest BCUT2D eigenvalue weighted by Gasteiger charge is 2.27. The lowest BCUT2D eigenvalue weighted by atomic mass is 10.0. The van der Waals surface area contributed by atoms with Crippen molar-refractivity contribution in [3.63, 3.8) is 0 Å². The highest BCUT2D eigenvalue weighted by molar-refractivity contribution is 8.05. The molecule has 0 saturated carbocycles. The van der Waals surface area contributed by atoms with Crippen molar-refractivity contribution in [2.75, 3.05) is 0 Å². The van der Waals surface area contributed by atoms with Crippen LogP contribution in [0.4, 0.5) is 0 Å². The fourth-order valence-corrected chi connectivity index (χ4v) is 7.18. The molecule has 190 valence electrons. The van der Waals surface area contributed by atoms with Crippen molar-refractivity contribution in [3.05, 3.63) is 77.2 Å². The average molecular weight is 527 g/mol. The third kappa shape index (κ3) is 5.07. The van der Waals surface area contributed by atoms with Gasteiger partial charge in [0.2, 0.25) is 10.0 Å². The topological polar surface area (TPSA) is 111 Å². The van der Waals surface area contributed by atoms with Gasteiger partial charge in [0.05, 0.1) is 16.7 Å². The fourth-order valence-electron chi connectivity index (χ4n) is 4.09. The molecule has 0 saturated heterocycles. The molecule has 0 aliphatic rings. The molecule has 8 nitrogen and oxygen atoms in total. The van der Waals surface area contributed by atoms with E-state index in [4.69, 9.17) is 9.97 Å². The molecule has 0 spiro atoms. The number of aromatic nitrogens is 3. The van der Waals surface area contributed by atoms with Crippen LogP contribution in [0.1, 0.15) is 43.4 Å². The monoisotopic (exact) mass is 526 g/mol. The van der Waals surface area contributed by atoms with Gasteiger partial charge in [0.1, 0.15) is 11.3 Å². The zero-order valence-electron chi connectivity index (χ0n) is 21.0. The summed E-state index contributed by atoms with van der Waals surface area (Å²) in [6.45, 7) is 9.49. The van der Waals surface area contributed by atoms with Crippen LogP contribution in [0.15, 0.2) is 59.5 Å². The summed E-state index contributed by atoms with van der Waals surface area (Å²) >= 11 is 0. The molecule has 1 N–H and O–H groups in total. The molecule has 0 aliphatic heterocycles. The first kappa shape index (κ1) is 26.0. The van der Waals surface area contributed by atoms with E-state index in [-0.39, 0.29) is 4.90 Å². The minimum absolute atomic E-state index is 0.0917. The Morgan fingerprint density at radius 3 is 2.25 bits per heavy atom. The number of pyridine rings is 1. The van der Waals surface area contributed by atoms with Crippen molar-refractivity contribution >= 4 is 31.2 Å². The van der Waals surface area contributed by atoms with E-state index in [1.54, 1.807) is 18.2 Å². The standard InChI is InChI=1S/C26H30N4O4S2/c1-6-24-28-25-18(4)15-19(5)27-26(25)30(24)16-20-11-13-21(14-12-20)22-9-7-8-10-23(22)36(33,34)29-35(31,32)17(2)3/h7-15,17,29H,6,16H2,1-5H3. The summed E-state index contributed by atoms with van der Waals surface area (Å²) in [7, 11) is -8.32. The smallest absolute Gasteiger partial charge is 0.254 e.